The molecule has 4 aromatic carbocycles. The van der Waals surface area contributed by atoms with E-state index in [-0.39, 0.29) is 0 Å². The first kappa shape index (κ1) is 33.7. The number of hydrogen-bond acceptors (Lipinski definition) is 5. The summed E-state index contributed by atoms with van der Waals surface area (Å²) in [6.07, 6.45) is 16.0. The van der Waals surface area contributed by atoms with Gasteiger partial charge in [-0.2, -0.15) is 0 Å². The van der Waals surface area contributed by atoms with E-state index in [4.69, 9.17) is 9.47 Å². The third kappa shape index (κ3) is 9.19. The maximum absolute atomic E-state index is 11.7. The predicted molar refractivity (Wildman–Crippen MR) is 194 cm³/mol. The molecule has 1 heterocycles. The Kier molecular flexibility index (Phi) is 13.1. The highest BCUT2D eigenvalue weighted by atomic mass is 32.2. The van der Waals surface area contributed by atoms with Crippen molar-refractivity contribution in [1.82, 2.24) is 0 Å². The number of anilines is 3. The minimum absolute atomic E-state index is 0.681. The number of hydrogen-bond donors (Lipinski definition) is 0. The first-order valence-corrected chi connectivity index (χ1v) is 18.2. The molecule has 1 aliphatic rings. The van der Waals surface area contributed by atoms with Crippen LogP contribution in [-0.4, -0.2) is 19.5 Å². The van der Waals surface area contributed by atoms with Crippen LogP contribution in [0.1, 0.15) is 101 Å². The van der Waals surface area contributed by atoms with E-state index in [1.165, 1.54) is 64.2 Å². The van der Waals surface area contributed by atoms with Gasteiger partial charge in [0, 0.05) is 21.0 Å². The molecule has 0 saturated carbocycles. The lowest BCUT2D eigenvalue weighted by atomic mass is 10.0. The number of ether oxygens (including phenoxy) is 2. The number of benzene rings is 4. The van der Waals surface area contributed by atoms with E-state index in [1.807, 2.05) is 12.1 Å². The van der Waals surface area contributed by atoms with Gasteiger partial charge in [-0.1, -0.05) is 108 Å². The Morgan fingerprint density at radius 2 is 1.07 bits per heavy atom. The zero-order valence-electron chi connectivity index (χ0n) is 27.6. The smallest absolute Gasteiger partial charge is 0.150 e. The van der Waals surface area contributed by atoms with Gasteiger partial charge in [0.1, 0.15) is 17.8 Å². The van der Waals surface area contributed by atoms with E-state index >= 15 is 0 Å². The lowest BCUT2D eigenvalue weighted by Crippen LogP contribution is -2.15. The molecule has 0 fully saturated rings. The van der Waals surface area contributed by atoms with Gasteiger partial charge in [0.05, 0.1) is 24.6 Å². The highest BCUT2D eigenvalue weighted by Gasteiger charge is 2.25. The molecule has 5 rings (SSSR count). The molecular formula is C41H49NO3S. The molecule has 0 N–H and O–H groups in total. The van der Waals surface area contributed by atoms with Crippen molar-refractivity contribution in [3.63, 3.8) is 0 Å². The zero-order valence-corrected chi connectivity index (χ0v) is 28.5. The van der Waals surface area contributed by atoms with E-state index in [9.17, 15) is 4.79 Å². The van der Waals surface area contributed by atoms with Crippen LogP contribution in [-0.2, 0) is 0 Å². The fourth-order valence-electron chi connectivity index (χ4n) is 5.94. The Hall–Kier alpha value is -3.70. The summed E-state index contributed by atoms with van der Waals surface area (Å²) in [6, 6.07) is 29.4. The maximum atomic E-state index is 11.7. The van der Waals surface area contributed by atoms with Crippen molar-refractivity contribution in [2.75, 3.05) is 18.1 Å². The number of carbonyl (C=O) groups excluding carboxylic acids is 1. The molecular weight excluding hydrogens is 587 g/mol. The average molecular weight is 636 g/mol. The molecule has 0 aliphatic carbocycles. The third-order valence-corrected chi connectivity index (χ3v) is 9.69. The molecule has 0 unspecified atom stereocenters. The van der Waals surface area contributed by atoms with Gasteiger partial charge in [-0.15, -0.1) is 0 Å². The minimum Gasteiger partial charge on any atom is -0.494 e. The summed E-state index contributed by atoms with van der Waals surface area (Å²) in [5, 5.41) is 0. The van der Waals surface area contributed by atoms with Crippen LogP contribution in [0.5, 0.6) is 11.5 Å². The SMILES string of the molecule is CCCCCCCCOc1ccc(-c2ccc3c(c2)Sc2cc(C=O)ccc2N3c2ccc(OCCCCCCCC)cc2)cc1. The number of rotatable bonds is 19. The van der Waals surface area contributed by atoms with Gasteiger partial charge in [0.25, 0.3) is 0 Å². The fraction of sp³-hybridized carbons (Fsp3) is 0.390. The molecule has 0 radical (unpaired) electrons. The van der Waals surface area contributed by atoms with Crippen molar-refractivity contribution in [2.24, 2.45) is 0 Å². The average Bonchev–Trinajstić information content (AvgIpc) is 3.10. The first-order valence-electron chi connectivity index (χ1n) is 17.4. The van der Waals surface area contributed by atoms with Crippen molar-refractivity contribution in [1.29, 1.82) is 0 Å². The lowest BCUT2D eigenvalue weighted by Gasteiger charge is -2.33. The Labute approximate surface area is 280 Å². The van der Waals surface area contributed by atoms with Gasteiger partial charge >= 0.3 is 0 Å². The van der Waals surface area contributed by atoms with Crippen LogP contribution in [0.15, 0.2) is 94.7 Å². The van der Waals surface area contributed by atoms with Gasteiger partial charge < -0.3 is 14.4 Å². The monoisotopic (exact) mass is 635 g/mol. The standard InChI is InChI=1S/C41H49NO3S/c1-3-5-7-9-11-13-27-44-36-21-16-33(17-22-36)34-18-26-39-41(30-34)46-40-29-32(31-43)15-25-38(40)42(39)35-19-23-37(24-20-35)45-28-14-12-10-8-6-4-2/h15-26,29-31H,3-14,27-28H2,1-2H3. The summed E-state index contributed by atoms with van der Waals surface area (Å²) < 4.78 is 12.1. The normalized spacial score (nSPS) is 12.0. The third-order valence-electron chi connectivity index (χ3n) is 8.60. The maximum Gasteiger partial charge on any atom is 0.150 e. The van der Waals surface area contributed by atoms with Crippen LogP contribution >= 0.6 is 11.8 Å². The number of carbonyl (C=O) groups is 1. The van der Waals surface area contributed by atoms with E-state index in [0.29, 0.717) is 5.56 Å². The molecule has 0 bridgehead atoms. The second kappa shape index (κ2) is 17.9. The van der Waals surface area contributed by atoms with Crippen molar-refractivity contribution >= 4 is 35.1 Å². The van der Waals surface area contributed by atoms with Crippen LogP contribution in [0, 0.1) is 0 Å². The van der Waals surface area contributed by atoms with Crippen LogP contribution in [0.3, 0.4) is 0 Å². The Morgan fingerprint density at radius 3 is 1.65 bits per heavy atom. The zero-order chi connectivity index (χ0) is 32.0. The summed E-state index contributed by atoms with van der Waals surface area (Å²) in [5.41, 5.74) is 6.25. The highest BCUT2D eigenvalue weighted by molar-refractivity contribution is 7.99. The number of fused-ring (bicyclic) bond motifs is 2. The van der Waals surface area contributed by atoms with Gasteiger partial charge in [-0.05, 0) is 90.7 Å². The molecule has 0 aromatic heterocycles. The number of nitrogens with zero attached hydrogens (tertiary/aromatic N) is 1. The van der Waals surface area contributed by atoms with Crippen LogP contribution in [0.25, 0.3) is 11.1 Å². The molecule has 4 nitrogen and oxygen atoms in total. The van der Waals surface area contributed by atoms with Gasteiger partial charge in [0.15, 0.2) is 0 Å². The highest BCUT2D eigenvalue weighted by Crippen LogP contribution is 2.52. The van der Waals surface area contributed by atoms with Crippen molar-refractivity contribution < 1.29 is 14.3 Å². The van der Waals surface area contributed by atoms with E-state index in [0.717, 1.165) is 81.8 Å². The quantitative estimate of drug-likeness (QED) is 0.0667. The second-order valence-corrected chi connectivity index (χ2v) is 13.3. The van der Waals surface area contributed by atoms with Crippen molar-refractivity contribution in [2.45, 2.75) is 101 Å². The second-order valence-electron chi connectivity index (χ2n) is 12.2. The van der Waals surface area contributed by atoms with Gasteiger partial charge in [-0.3, -0.25) is 4.79 Å². The van der Waals surface area contributed by atoms with Gasteiger partial charge in [-0.25, -0.2) is 0 Å². The molecule has 4 aromatic rings. The predicted octanol–water partition coefficient (Wildman–Crippen LogP) is 12.6. The van der Waals surface area contributed by atoms with Gasteiger partial charge in [0.2, 0.25) is 0 Å². The molecule has 0 spiro atoms. The van der Waals surface area contributed by atoms with E-state index in [2.05, 4.69) is 91.5 Å². The molecule has 0 saturated heterocycles. The minimum atomic E-state index is 0.681. The molecule has 0 amide bonds. The summed E-state index contributed by atoms with van der Waals surface area (Å²) in [4.78, 5) is 16.2. The summed E-state index contributed by atoms with van der Waals surface area (Å²) in [5.74, 6) is 1.82. The van der Waals surface area contributed by atoms with Crippen molar-refractivity contribution in [3.8, 4) is 22.6 Å². The van der Waals surface area contributed by atoms with Crippen LogP contribution in [0.4, 0.5) is 17.1 Å². The molecule has 1 aliphatic heterocycles. The Bertz CT molecular complexity index is 1520. The summed E-state index contributed by atoms with van der Waals surface area (Å²) in [7, 11) is 0. The topological polar surface area (TPSA) is 38.8 Å². The van der Waals surface area contributed by atoms with E-state index in [1.54, 1.807) is 11.8 Å². The lowest BCUT2D eigenvalue weighted by molar-refractivity contribution is 0.112. The summed E-state index contributed by atoms with van der Waals surface area (Å²) in [6.45, 7) is 6.02. The molecule has 5 heteroatoms. The van der Waals surface area contributed by atoms with Crippen LogP contribution < -0.4 is 14.4 Å². The first-order chi connectivity index (χ1) is 22.7. The molecule has 46 heavy (non-hydrogen) atoms. The van der Waals surface area contributed by atoms with Crippen LogP contribution in [0.2, 0.25) is 0 Å². The molecule has 0 atom stereocenters. The Morgan fingerprint density at radius 1 is 0.565 bits per heavy atom. The largest absolute Gasteiger partial charge is 0.494 e. The Balaban J connectivity index is 1.28. The number of aldehydes is 1. The fourth-order valence-corrected chi connectivity index (χ4v) is 7.08. The molecule has 242 valence electrons. The van der Waals surface area contributed by atoms with Crippen molar-refractivity contribution in [3.05, 3.63) is 90.5 Å². The number of unbranched alkanes of at least 4 members (excludes halogenated alkanes) is 10. The van der Waals surface area contributed by atoms with E-state index < -0.39 is 0 Å². The summed E-state index contributed by atoms with van der Waals surface area (Å²) >= 11 is 1.72.